The van der Waals surface area contributed by atoms with Crippen molar-refractivity contribution in [3.8, 4) is 11.5 Å². The van der Waals surface area contributed by atoms with Gasteiger partial charge in [-0.2, -0.15) is 0 Å². The van der Waals surface area contributed by atoms with Crippen molar-refractivity contribution in [2.75, 3.05) is 0 Å². The second-order valence-corrected chi connectivity index (χ2v) is 12.8. The van der Waals surface area contributed by atoms with Crippen LogP contribution in [0.25, 0.3) is 0 Å². The molecule has 5 aromatic rings. The molecule has 36 heavy (non-hydrogen) atoms. The first-order valence-electron chi connectivity index (χ1n) is 11.9. The van der Waals surface area contributed by atoms with Crippen molar-refractivity contribution < 1.29 is 14.1 Å². The summed E-state index contributed by atoms with van der Waals surface area (Å²) in [5.41, 5.74) is 0. The normalized spacial score (nSPS) is 12.2. The summed E-state index contributed by atoms with van der Waals surface area (Å²) in [6, 6.07) is 48.5. The van der Waals surface area contributed by atoms with Gasteiger partial charge in [-0.05, 0) is 0 Å². The van der Waals surface area contributed by atoms with Crippen LogP contribution in [0.4, 0.5) is 0 Å². The van der Waals surface area contributed by atoms with Crippen molar-refractivity contribution in [1.29, 1.82) is 0 Å². The fraction of sp³-hybridized carbons (Fsp3) is 0.0312. The summed E-state index contributed by atoms with van der Waals surface area (Å²) in [5, 5.41) is 3.84. The van der Waals surface area contributed by atoms with Crippen molar-refractivity contribution in [3.63, 3.8) is 0 Å². The average Bonchev–Trinajstić information content (AvgIpc) is 2.94. The molecule has 0 fully saturated rings. The van der Waals surface area contributed by atoms with Gasteiger partial charge in [-0.3, -0.25) is 0 Å². The van der Waals surface area contributed by atoms with Gasteiger partial charge in [0, 0.05) is 0 Å². The Bertz CT molecular complexity index is 1350. The van der Waals surface area contributed by atoms with Crippen LogP contribution in [-0.2, 0) is 4.79 Å². The van der Waals surface area contributed by atoms with E-state index in [9.17, 15) is 4.79 Å². The van der Waals surface area contributed by atoms with Gasteiger partial charge in [0.2, 0.25) is 0 Å². The van der Waals surface area contributed by atoms with Crippen molar-refractivity contribution in [2.45, 2.75) is 6.92 Å². The first kappa shape index (κ1) is 23.5. The first-order chi connectivity index (χ1) is 17.6. The Morgan fingerprint density at radius 2 is 0.917 bits per heavy atom. The fourth-order valence-electron chi connectivity index (χ4n) is 4.95. The molecule has 0 aliphatic heterocycles. The third-order valence-corrected chi connectivity index (χ3v) is 12.1. The Morgan fingerprint density at radius 3 is 1.36 bits per heavy atom. The SMILES string of the molecule is CC(=O)Oc1ccccc1P(Oc1ccccc1)(c1ccccc1)(c1ccccc1)c1ccccc1. The second kappa shape index (κ2) is 9.81. The van der Waals surface area contributed by atoms with Crippen LogP contribution in [0.1, 0.15) is 6.92 Å². The molecule has 0 N–H and O–H groups in total. The molecule has 0 saturated heterocycles. The number of esters is 1. The summed E-state index contributed by atoms with van der Waals surface area (Å²) in [6.07, 6.45) is 0. The zero-order valence-corrected chi connectivity index (χ0v) is 20.9. The maximum absolute atomic E-state index is 12.3. The summed E-state index contributed by atoms with van der Waals surface area (Å²) < 4.78 is 13.4. The van der Waals surface area contributed by atoms with Gasteiger partial charge in [-0.25, -0.2) is 0 Å². The van der Waals surface area contributed by atoms with Gasteiger partial charge in [-0.1, -0.05) is 0 Å². The zero-order valence-electron chi connectivity index (χ0n) is 20.0. The molecule has 0 radical (unpaired) electrons. The predicted molar refractivity (Wildman–Crippen MR) is 150 cm³/mol. The number of ether oxygens (including phenoxy) is 1. The van der Waals surface area contributed by atoms with E-state index in [-0.39, 0.29) is 5.97 Å². The summed E-state index contributed by atoms with van der Waals surface area (Å²) in [5.74, 6) is 0.826. The molecule has 0 amide bonds. The zero-order chi connectivity index (χ0) is 24.9. The molecule has 5 rings (SSSR count). The molecule has 178 valence electrons. The van der Waals surface area contributed by atoms with E-state index in [1.54, 1.807) is 0 Å². The van der Waals surface area contributed by atoms with Gasteiger partial charge >= 0.3 is 212 Å². The van der Waals surface area contributed by atoms with Crippen LogP contribution >= 0.6 is 6.83 Å². The molecule has 0 atom stereocenters. The number of benzene rings is 5. The minimum atomic E-state index is -4.02. The summed E-state index contributed by atoms with van der Waals surface area (Å²) in [6.45, 7) is -2.59. The van der Waals surface area contributed by atoms with Gasteiger partial charge in [0.25, 0.3) is 0 Å². The van der Waals surface area contributed by atoms with Gasteiger partial charge in [-0.15, -0.1) is 0 Å². The number of carbonyl (C=O) groups is 1. The number of rotatable bonds is 7. The van der Waals surface area contributed by atoms with Crippen molar-refractivity contribution in [1.82, 2.24) is 0 Å². The van der Waals surface area contributed by atoms with Crippen LogP contribution in [0.2, 0.25) is 0 Å². The quantitative estimate of drug-likeness (QED) is 0.165. The van der Waals surface area contributed by atoms with Crippen molar-refractivity contribution >= 4 is 34.0 Å². The maximum atomic E-state index is 12.3. The number of hydrogen-bond donors (Lipinski definition) is 0. The Kier molecular flexibility index (Phi) is 6.41. The Balaban J connectivity index is 2.06. The number of carbonyl (C=O) groups excluding carboxylic acids is 1. The molecule has 0 bridgehead atoms. The molecule has 0 aliphatic carbocycles. The van der Waals surface area contributed by atoms with Gasteiger partial charge < -0.3 is 0 Å². The van der Waals surface area contributed by atoms with Crippen molar-refractivity contribution in [3.05, 3.63) is 146 Å². The molecule has 0 heterocycles. The molecule has 0 aromatic heterocycles. The van der Waals surface area contributed by atoms with E-state index in [1.807, 2.05) is 109 Å². The molecule has 0 spiro atoms. The summed E-state index contributed by atoms with van der Waals surface area (Å²) in [4.78, 5) is 12.3. The number of hydrogen-bond acceptors (Lipinski definition) is 3. The van der Waals surface area contributed by atoms with Crippen LogP contribution in [0.15, 0.2) is 146 Å². The summed E-state index contributed by atoms with van der Waals surface area (Å²) >= 11 is 0. The van der Waals surface area contributed by atoms with E-state index in [1.165, 1.54) is 6.92 Å². The van der Waals surface area contributed by atoms with Gasteiger partial charge in [0.05, 0.1) is 0 Å². The summed E-state index contributed by atoms with van der Waals surface area (Å²) in [7, 11) is 0. The molecule has 4 heteroatoms. The third-order valence-electron chi connectivity index (χ3n) is 6.36. The van der Waals surface area contributed by atoms with E-state index in [0.29, 0.717) is 5.75 Å². The Labute approximate surface area is 212 Å². The molecular formula is C32H27O3P. The van der Waals surface area contributed by atoms with Crippen LogP contribution < -0.4 is 30.5 Å². The fourth-order valence-corrected chi connectivity index (χ4v) is 10.8. The van der Waals surface area contributed by atoms with Gasteiger partial charge in [0.1, 0.15) is 0 Å². The standard InChI is InChI=1S/C32H27O3P/c1-26(33)34-31-24-14-15-25-32(31)36(28-18-8-3-9-19-28,29-20-10-4-11-21-29,30-22-12-5-13-23-30)35-27-16-6-2-7-17-27/h2-25H,1H3. The van der Waals surface area contributed by atoms with E-state index < -0.39 is 6.83 Å². The van der Waals surface area contributed by atoms with Crippen molar-refractivity contribution in [2.24, 2.45) is 0 Å². The van der Waals surface area contributed by atoms with E-state index in [2.05, 4.69) is 36.4 Å². The third kappa shape index (κ3) is 3.79. The topological polar surface area (TPSA) is 35.5 Å². The Morgan fingerprint density at radius 1 is 0.528 bits per heavy atom. The van der Waals surface area contributed by atoms with Crippen LogP contribution in [-0.4, -0.2) is 5.97 Å². The molecule has 3 nitrogen and oxygen atoms in total. The molecule has 0 saturated carbocycles. The van der Waals surface area contributed by atoms with Crippen LogP contribution in [0.5, 0.6) is 11.5 Å². The van der Waals surface area contributed by atoms with Crippen LogP contribution in [0.3, 0.4) is 0 Å². The average molecular weight is 491 g/mol. The van der Waals surface area contributed by atoms with Gasteiger partial charge in [0.15, 0.2) is 0 Å². The molecule has 0 unspecified atom stereocenters. The van der Waals surface area contributed by atoms with E-state index >= 15 is 0 Å². The second-order valence-electron chi connectivity index (χ2n) is 8.51. The first-order valence-corrected chi connectivity index (χ1v) is 14.0. The molecular weight excluding hydrogens is 463 g/mol. The molecule has 0 aliphatic rings. The van der Waals surface area contributed by atoms with E-state index in [4.69, 9.17) is 9.26 Å². The minimum absolute atomic E-state index is 0.382. The van der Waals surface area contributed by atoms with Crippen LogP contribution in [0, 0.1) is 0 Å². The van der Waals surface area contributed by atoms with E-state index in [0.717, 1.165) is 27.0 Å². The Hall–Kier alpha value is -4.20. The monoisotopic (exact) mass is 490 g/mol. The molecule has 5 aromatic carbocycles. The number of para-hydroxylation sites is 2. The predicted octanol–water partition coefficient (Wildman–Crippen LogP) is 5.76.